The predicted molar refractivity (Wildman–Crippen MR) is 92.7 cm³/mol. The molecule has 0 unspecified atom stereocenters. The van der Waals surface area contributed by atoms with Crippen LogP contribution in [-0.4, -0.2) is 18.4 Å². The molecule has 128 valence electrons. The Morgan fingerprint density at radius 3 is 2.62 bits per heavy atom. The van der Waals surface area contributed by atoms with Crippen molar-refractivity contribution in [2.45, 2.75) is 33.8 Å². The van der Waals surface area contributed by atoms with Gasteiger partial charge in [0.2, 0.25) is 0 Å². The number of anilines is 1. The van der Waals surface area contributed by atoms with E-state index in [1.165, 1.54) is 12.7 Å². The van der Waals surface area contributed by atoms with Crippen LogP contribution in [0.1, 0.15) is 29.2 Å². The summed E-state index contributed by atoms with van der Waals surface area (Å²) in [7, 11) is 1.22. The average molecular weight is 329 g/mol. The summed E-state index contributed by atoms with van der Waals surface area (Å²) in [5.74, 6) is 0.805. The Hall–Kier alpha value is -2.53. The molecule has 24 heavy (non-hydrogen) atoms. The first-order valence-electron chi connectivity index (χ1n) is 7.85. The van der Waals surface area contributed by atoms with Crippen LogP contribution in [0.25, 0.3) is 0 Å². The monoisotopic (exact) mass is 329 g/mol. The second-order valence-electron chi connectivity index (χ2n) is 5.61. The maximum Gasteiger partial charge on any atom is 0.438 e. The minimum absolute atomic E-state index is 0.242. The van der Waals surface area contributed by atoms with Crippen molar-refractivity contribution in [1.82, 2.24) is 0 Å². The smallest absolute Gasteiger partial charge is 0.438 e. The van der Waals surface area contributed by atoms with Gasteiger partial charge in [-0.2, -0.15) is 5.06 Å². The molecule has 0 saturated carbocycles. The van der Waals surface area contributed by atoms with E-state index in [4.69, 9.17) is 4.74 Å². The first-order chi connectivity index (χ1) is 11.5. The normalized spacial score (nSPS) is 10.4. The molecule has 0 aliphatic heterocycles. The molecule has 2 aromatic carbocycles. The first-order valence-corrected chi connectivity index (χ1v) is 7.85. The number of methoxy groups -OCH3 is 1. The van der Waals surface area contributed by atoms with Crippen molar-refractivity contribution in [1.29, 1.82) is 0 Å². The molecule has 0 fully saturated rings. The number of nitrogens with zero attached hydrogens (tertiary/aromatic N) is 1. The van der Waals surface area contributed by atoms with E-state index in [1.807, 2.05) is 32.0 Å². The van der Waals surface area contributed by atoms with Crippen molar-refractivity contribution in [2.75, 3.05) is 12.2 Å². The lowest BCUT2D eigenvalue weighted by molar-refractivity contribution is 0.140. The molecule has 0 aliphatic carbocycles. The zero-order valence-corrected chi connectivity index (χ0v) is 14.5. The Morgan fingerprint density at radius 2 is 1.96 bits per heavy atom. The number of carbonyl (C=O) groups excluding carboxylic acids is 1. The van der Waals surface area contributed by atoms with Gasteiger partial charge in [-0.05, 0) is 43.5 Å². The number of hydroxylamine groups is 1. The molecular weight excluding hydrogens is 306 g/mol. The minimum atomic E-state index is -0.841. The van der Waals surface area contributed by atoms with Gasteiger partial charge in [0.15, 0.2) is 0 Å². The van der Waals surface area contributed by atoms with Gasteiger partial charge < -0.3 is 9.47 Å². The van der Waals surface area contributed by atoms with Crippen LogP contribution >= 0.6 is 0 Å². The Balaban J connectivity index is 2.29. The number of benzene rings is 2. The molecule has 0 aromatic heterocycles. The van der Waals surface area contributed by atoms with Gasteiger partial charge in [-0.1, -0.05) is 36.8 Å². The minimum Gasteiger partial charge on any atom is -0.489 e. The Kier molecular flexibility index (Phi) is 5.82. The zero-order chi connectivity index (χ0) is 17.7. The van der Waals surface area contributed by atoms with Crippen LogP contribution in [-0.2, 0) is 17.8 Å². The average Bonchev–Trinajstić information content (AvgIpc) is 2.59. The second kappa shape index (κ2) is 7.84. The molecule has 5 nitrogen and oxygen atoms in total. The molecule has 2 rings (SSSR count). The first kappa shape index (κ1) is 17.8. The van der Waals surface area contributed by atoms with Crippen LogP contribution in [0.2, 0.25) is 0 Å². The van der Waals surface area contributed by atoms with E-state index in [0.29, 0.717) is 10.8 Å². The molecule has 1 amide bonds. The third-order valence-electron chi connectivity index (χ3n) is 3.93. The van der Waals surface area contributed by atoms with Crippen molar-refractivity contribution >= 4 is 11.8 Å². The molecule has 0 bridgehead atoms. The van der Waals surface area contributed by atoms with E-state index in [1.54, 1.807) is 12.1 Å². The number of rotatable bonds is 5. The van der Waals surface area contributed by atoms with Gasteiger partial charge in [0, 0.05) is 5.56 Å². The number of carbonyl (C=O) groups is 1. The number of amides is 1. The Labute approximate surface area is 142 Å². The van der Waals surface area contributed by atoms with Gasteiger partial charge >= 0.3 is 6.09 Å². The van der Waals surface area contributed by atoms with E-state index < -0.39 is 6.09 Å². The van der Waals surface area contributed by atoms with E-state index in [0.717, 1.165) is 28.9 Å². The van der Waals surface area contributed by atoms with Crippen LogP contribution in [0, 0.1) is 13.8 Å². The number of hydrogen-bond acceptors (Lipinski definition) is 4. The molecule has 0 saturated heterocycles. The highest BCUT2D eigenvalue weighted by Gasteiger charge is 2.19. The summed E-state index contributed by atoms with van der Waals surface area (Å²) in [5.41, 5.74) is 4.31. The lowest BCUT2D eigenvalue weighted by atomic mass is 10.1. The zero-order valence-electron chi connectivity index (χ0n) is 14.5. The van der Waals surface area contributed by atoms with E-state index in [2.05, 4.69) is 17.7 Å². The summed E-state index contributed by atoms with van der Waals surface area (Å²) in [6.45, 7) is 6.27. The standard InChI is InChI=1S/C19H23NO4/c1-5-15-11-13(2)9-10-18(15)24-12-16-14(3)7-6-8-17(16)20(22)19(21)23-4/h6-11,22H,5,12H2,1-4H3. The van der Waals surface area contributed by atoms with Gasteiger partial charge in [-0.15, -0.1) is 0 Å². The summed E-state index contributed by atoms with van der Waals surface area (Å²) in [4.78, 5) is 11.6. The van der Waals surface area contributed by atoms with Crippen molar-refractivity contribution < 1.29 is 19.5 Å². The molecule has 0 spiro atoms. The largest absolute Gasteiger partial charge is 0.489 e. The summed E-state index contributed by atoms with van der Waals surface area (Å²) in [6, 6.07) is 11.4. The van der Waals surface area contributed by atoms with Crippen LogP contribution in [0.15, 0.2) is 36.4 Å². The molecule has 5 heteroatoms. The highest BCUT2D eigenvalue weighted by Crippen LogP contribution is 2.27. The van der Waals surface area contributed by atoms with E-state index >= 15 is 0 Å². The Morgan fingerprint density at radius 1 is 1.21 bits per heavy atom. The second-order valence-corrected chi connectivity index (χ2v) is 5.61. The highest BCUT2D eigenvalue weighted by molar-refractivity contribution is 5.86. The molecule has 0 heterocycles. The van der Waals surface area contributed by atoms with Crippen LogP contribution in [0.4, 0.5) is 10.5 Å². The number of ether oxygens (including phenoxy) is 2. The van der Waals surface area contributed by atoms with E-state index in [9.17, 15) is 10.0 Å². The van der Waals surface area contributed by atoms with Crippen molar-refractivity contribution in [3.8, 4) is 5.75 Å². The quantitative estimate of drug-likeness (QED) is 0.652. The van der Waals surface area contributed by atoms with Crippen molar-refractivity contribution in [3.05, 3.63) is 58.7 Å². The fraction of sp³-hybridized carbons (Fsp3) is 0.316. The SMILES string of the molecule is CCc1cc(C)ccc1OCc1c(C)cccc1N(O)C(=O)OC. The predicted octanol–water partition coefficient (Wildman–Crippen LogP) is 4.41. The molecule has 1 N–H and O–H groups in total. The van der Waals surface area contributed by atoms with Gasteiger partial charge in [-0.25, -0.2) is 4.79 Å². The molecular formula is C19H23NO4. The summed E-state index contributed by atoms with van der Waals surface area (Å²) < 4.78 is 10.5. The molecule has 0 aliphatic rings. The Bertz CT molecular complexity index is 727. The summed E-state index contributed by atoms with van der Waals surface area (Å²) in [6.07, 6.45) is 0.0257. The lowest BCUT2D eigenvalue weighted by Gasteiger charge is -2.20. The third-order valence-corrected chi connectivity index (χ3v) is 3.93. The summed E-state index contributed by atoms with van der Waals surface area (Å²) in [5, 5.41) is 10.5. The fourth-order valence-corrected chi connectivity index (χ4v) is 2.53. The molecule has 0 radical (unpaired) electrons. The van der Waals surface area contributed by atoms with Gasteiger partial charge in [-0.3, -0.25) is 5.21 Å². The molecule has 0 atom stereocenters. The van der Waals surface area contributed by atoms with Crippen molar-refractivity contribution in [2.24, 2.45) is 0 Å². The summed E-state index contributed by atoms with van der Waals surface area (Å²) >= 11 is 0. The number of hydrogen-bond donors (Lipinski definition) is 1. The highest BCUT2D eigenvalue weighted by atomic mass is 16.6. The van der Waals surface area contributed by atoms with Crippen LogP contribution < -0.4 is 9.80 Å². The maximum absolute atomic E-state index is 11.6. The molecule has 2 aromatic rings. The third kappa shape index (κ3) is 3.86. The van der Waals surface area contributed by atoms with Crippen LogP contribution in [0.5, 0.6) is 5.75 Å². The maximum atomic E-state index is 11.6. The number of aryl methyl sites for hydroxylation is 3. The lowest BCUT2D eigenvalue weighted by Crippen LogP contribution is -2.28. The van der Waals surface area contributed by atoms with Gasteiger partial charge in [0.1, 0.15) is 12.4 Å². The van der Waals surface area contributed by atoms with Gasteiger partial charge in [0.25, 0.3) is 0 Å². The topological polar surface area (TPSA) is 59.0 Å². The van der Waals surface area contributed by atoms with Gasteiger partial charge in [0.05, 0.1) is 12.8 Å². The van der Waals surface area contributed by atoms with Crippen LogP contribution in [0.3, 0.4) is 0 Å². The van der Waals surface area contributed by atoms with E-state index in [-0.39, 0.29) is 6.61 Å². The van der Waals surface area contributed by atoms with Crippen molar-refractivity contribution in [3.63, 3.8) is 0 Å². The fourth-order valence-electron chi connectivity index (χ4n) is 2.53.